The summed E-state index contributed by atoms with van der Waals surface area (Å²) in [5.74, 6) is -0.0409. The molecule has 3 aromatic rings. The van der Waals surface area contributed by atoms with Gasteiger partial charge >= 0.3 is 0 Å². The summed E-state index contributed by atoms with van der Waals surface area (Å²) in [7, 11) is 0. The van der Waals surface area contributed by atoms with Crippen molar-refractivity contribution in [2.45, 2.75) is 30.4 Å². The second kappa shape index (κ2) is 5.64. The molecular formula is C19H20N4O2S. The molecule has 1 aliphatic carbocycles. The number of benzene rings is 1. The van der Waals surface area contributed by atoms with Crippen molar-refractivity contribution in [2.75, 3.05) is 13.1 Å². The Hall–Kier alpha value is -2.22. The highest BCUT2D eigenvalue weighted by Crippen LogP contribution is 2.50. The Morgan fingerprint density at radius 3 is 2.85 bits per heavy atom. The topological polar surface area (TPSA) is 83.9 Å². The first-order valence-electron chi connectivity index (χ1n) is 8.85. The SMILES string of the molecule is N[C@@H]1c2ccccc2C2(CCN(C(=O)c3cn4ccsc4n3)CC2)[C@H]1O. The molecule has 3 N–H and O–H groups in total. The van der Waals surface area contributed by atoms with Crippen molar-refractivity contribution < 1.29 is 9.90 Å². The number of rotatable bonds is 1. The van der Waals surface area contributed by atoms with Gasteiger partial charge in [0, 0.05) is 36.3 Å². The third kappa shape index (κ3) is 2.11. The number of likely N-dealkylation sites (tertiary alicyclic amines) is 1. The fraction of sp³-hybridized carbons (Fsp3) is 0.368. The van der Waals surface area contributed by atoms with E-state index in [9.17, 15) is 9.90 Å². The molecule has 0 bridgehead atoms. The first kappa shape index (κ1) is 16.0. The average molecular weight is 368 g/mol. The van der Waals surface area contributed by atoms with Crippen molar-refractivity contribution in [3.63, 3.8) is 0 Å². The summed E-state index contributed by atoms with van der Waals surface area (Å²) in [6.45, 7) is 1.20. The quantitative estimate of drug-likeness (QED) is 0.688. The smallest absolute Gasteiger partial charge is 0.274 e. The number of aliphatic hydroxyl groups excluding tert-OH is 1. The first-order chi connectivity index (χ1) is 12.6. The third-order valence-corrected chi connectivity index (χ3v) is 6.79. The number of hydrogen-bond acceptors (Lipinski definition) is 5. The number of carbonyl (C=O) groups is 1. The van der Waals surface area contributed by atoms with Gasteiger partial charge < -0.3 is 15.7 Å². The van der Waals surface area contributed by atoms with Gasteiger partial charge in [-0.3, -0.25) is 9.20 Å². The predicted molar refractivity (Wildman–Crippen MR) is 99.3 cm³/mol. The summed E-state index contributed by atoms with van der Waals surface area (Å²) in [5.41, 5.74) is 8.59. The van der Waals surface area contributed by atoms with Gasteiger partial charge in [0.15, 0.2) is 4.96 Å². The molecule has 2 atom stereocenters. The maximum atomic E-state index is 12.8. The van der Waals surface area contributed by atoms with Crippen LogP contribution in [0.1, 0.15) is 40.5 Å². The molecule has 1 aromatic carbocycles. The number of aliphatic hydroxyl groups is 1. The summed E-state index contributed by atoms with van der Waals surface area (Å²) >= 11 is 1.51. The number of hydrogen-bond donors (Lipinski definition) is 2. The molecule has 1 fully saturated rings. The molecular weight excluding hydrogens is 348 g/mol. The van der Waals surface area contributed by atoms with E-state index in [1.807, 2.05) is 39.1 Å². The Morgan fingerprint density at radius 1 is 1.31 bits per heavy atom. The molecule has 6 nitrogen and oxygen atoms in total. The summed E-state index contributed by atoms with van der Waals surface area (Å²) < 4.78 is 1.87. The van der Waals surface area contributed by atoms with Gasteiger partial charge in [0.05, 0.1) is 12.1 Å². The molecule has 0 saturated carbocycles. The lowest BCUT2D eigenvalue weighted by molar-refractivity contribution is 0.0260. The van der Waals surface area contributed by atoms with Crippen molar-refractivity contribution in [1.82, 2.24) is 14.3 Å². The molecule has 0 unspecified atom stereocenters. The number of thiazole rings is 1. The number of imidazole rings is 1. The fourth-order valence-corrected chi connectivity index (χ4v) is 5.28. The molecule has 1 aliphatic heterocycles. The summed E-state index contributed by atoms with van der Waals surface area (Å²) in [6, 6.07) is 7.70. The average Bonchev–Trinajstić information content (AvgIpc) is 3.32. The second-order valence-corrected chi connectivity index (χ2v) is 8.10. The Labute approximate surface area is 154 Å². The normalized spacial score (nSPS) is 24.3. The Morgan fingerprint density at radius 2 is 2.08 bits per heavy atom. The van der Waals surface area contributed by atoms with E-state index in [0.717, 1.165) is 16.1 Å². The van der Waals surface area contributed by atoms with E-state index in [2.05, 4.69) is 11.1 Å². The van der Waals surface area contributed by atoms with Gasteiger partial charge in [-0.25, -0.2) is 4.98 Å². The van der Waals surface area contributed by atoms with E-state index in [1.54, 1.807) is 6.20 Å². The zero-order valence-electron chi connectivity index (χ0n) is 14.2. The summed E-state index contributed by atoms with van der Waals surface area (Å²) in [4.78, 5) is 19.9. The van der Waals surface area contributed by atoms with Gasteiger partial charge in [-0.05, 0) is 24.0 Å². The van der Waals surface area contributed by atoms with E-state index in [4.69, 9.17) is 5.73 Å². The van der Waals surface area contributed by atoms with E-state index in [0.29, 0.717) is 31.6 Å². The van der Waals surface area contributed by atoms with Crippen LogP contribution in [-0.2, 0) is 5.41 Å². The molecule has 2 aliphatic rings. The molecule has 1 saturated heterocycles. The van der Waals surface area contributed by atoms with Crippen LogP contribution in [0.5, 0.6) is 0 Å². The summed E-state index contributed by atoms with van der Waals surface area (Å²) in [5, 5.41) is 12.8. The molecule has 3 heterocycles. The number of nitrogens with two attached hydrogens (primary N) is 1. The van der Waals surface area contributed by atoms with Crippen LogP contribution in [0.2, 0.25) is 0 Å². The highest BCUT2D eigenvalue weighted by Gasteiger charge is 2.51. The lowest BCUT2D eigenvalue weighted by atomic mass is 9.72. The van der Waals surface area contributed by atoms with Gasteiger partial charge in [-0.1, -0.05) is 24.3 Å². The fourth-order valence-electron chi connectivity index (χ4n) is 4.58. The minimum atomic E-state index is -0.602. The standard InChI is InChI=1S/C19H20N4O2S/c20-15-12-3-1-2-4-13(12)19(16(15)24)5-7-22(8-6-19)17(25)14-11-23-9-10-26-18(23)21-14/h1-4,9-11,15-16,24H,5-8,20H2/t15-,16+/m1/s1. The minimum absolute atomic E-state index is 0.0409. The van der Waals surface area contributed by atoms with E-state index in [-0.39, 0.29) is 17.4 Å². The lowest BCUT2D eigenvalue weighted by Crippen LogP contribution is -2.50. The monoisotopic (exact) mass is 368 g/mol. The Balaban J connectivity index is 1.39. The van der Waals surface area contributed by atoms with E-state index in [1.165, 1.54) is 11.3 Å². The van der Waals surface area contributed by atoms with Crippen LogP contribution >= 0.6 is 11.3 Å². The Bertz CT molecular complexity index is 958. The van der Waals surface area contributed by atoms with E-state index < -0.39 is 6.10 Å². The van der Waals surface area contributed by atoms with Crippen molar-refractivity contribution in [3.05, 3.63) is 58.9 Å². The predicted octanol–water partition coefficient (Wildman–Crippen LogP) is 1.94. The van der Waals surface area contributed by atoms with Crippen LogP contribution in [-0.4, -0.2) is 44.5 Å². The molecule has 1 amide bonds. The zero-order valence-corrected chi connectivity index (χ0v) is 15.0. The first-order valence-corrected chi connectivity index (χ1v) is 9.73. The van der Waals surface area contributed by atoms with Crippen LogP contribution in [0.4, 0.5) is 0 Å². The van der Waals surface area contributed by atoms with Crippen molar-refractivity contribution >= 4 is 22.2 Å². The van der Waals surface area contributed by atoms with Crippen molar-refractivity contribution in [1.29, 1.82) is 0 Å². The third-order valence-electron chi connectivity index (χ3n) is 6.02. The number of amides is 1. The number of nitrogens with zero attached hydrogens (tertiary/aromatic N) is 3. The number of piperidine rings is 1. The zero-order chi connectivity index (χ0) is 17.9. The molecule has 1 spiro atoms. The minimum Gasteiger partial charge on any atom is -0.390 e. The van der Waals surface area contributed by atoms with Crippen molar-refractivity contribution in [3.8, 4) is 0 Å². The van der Waals surface area contributed by atoms with E-state index >= 15 is 0 Å². The largest absolute Gasteiger partial charge is 0.390 e. The molecule has 0 radical (unpaired) electrons. The summed E-state index contributed by atoms with van der Waals surface area (Å²) in [6.07, 6.45) is 4.52. The van der Waals surface area contributed by atoms with Crippen LogP contribution in [0.15, 0.2) is 42.0 Å². The maximum absolute atomic E-state index is 12.8. The Kier molecular flexibility index (Phi) is 3.47. The molecule has 26 heavy (non-hydrogen) atoms. The van der Waals surface area contributed by atoms with Crippen LogP contribution < -0.4 is 5.73 Å². The van der Waals surface area contributed by atoms with Gasteiger partial charge in [-0.15, -0.1) is 11.3 Å². The highest BCUT2D eigenvalue weighted by atomic mass is 32.1. The number of carbonyl (C=O) groups excluding carboxylic acids is 1. The lowest BCUT2D eigenvalue weighted by Gasteiger charge is -2.42. The van der Waals surface area contributed by atoms with Gasteiger partial charge in [0.1, 0.15) is 5.69 Å². The van der Waals surface area contributed by atoms with Gasteiger partial charge in [-0.2, -0.15) is 0 Å². The molecule has 2 aromatic heterocycles. The van der Waals surface area contributed by atoms with Crippen molar-refractivity contribution in [2.24, 2.45) is 5.73 Å². The second-order valence-electron chi connectivity index (χ2n) is 7.23. The maximum Gasteiger partial charge on any atom is 0.274 e. The van der Waals surface area contributed by atoms with Crippen LogP contribution in [0.3, 0.4) is 0 Å². The number of aromatic nitrogens is 2. The molecule has 5 rings (SSSR count). The molecule has 134 valence electrons. The highest BCUT2D eigenvalue weighted by molar-refractivity contribution is 7.15. The molecule has 7 heteroatoms. The van der Waals surface area contributed by atoms with Gasteiger partial charge in [0.2, 0.25) is 0 Å². The van der Waals surface area contributed by atoms with Crippen LogP contribution in [0, 0.1) is 0 Å². The van der Waals surface area contributed by atoms with Crippen LogP contribution in [0.25, 0.3) is 4.96 Å². The van der Waals surface area contributed by atoms with Gasteiger partial charge in [0.25, 0.3) is 5.91 Å². The number of fused-ring (bicyclic) bond motifs is 3.